The zero-order valence-electron chi connectivity index (χ0n) is 39.8. The van der Waals surface area contributed by atoms with Gasteiger partial charge in [0.2, 0.25) is 0 Å². The van der Waals surface area contributed by atoms with E-state index in [1.807, 2.05) is 0 Å². The summed E-state index contributed by atoms with van der Waals surface area (Å²) in [4.78, 5) is 37.7. The molecular weight excluding hydrogens is 733 g/mol. The second kappa shape index (κ2) is 48.8. The number of hydrogen-bond donors (Lipinski definition) is 0. The molecule has 6 heteroatoms. The molecule has 0 aliphatic rings. The van der Waals surface area contributed by atoms with Gasteiger partial charge in [0.25, 0.3) is 0 Å². The molecule has 0 bridgehead atoms. The van der Waals surface area contributed by atoms with Crippen molar-refractivity contribution in [1.29, 1.82) is 0 Å². The van der Waals surface area contributed by atoms with Crippen LogP contribution in [0.3, 0.4) is 0 Å². The Morgan fingerprint density at radius 3 is 0.847 bits per heavy atom. The van der Waals surface area contributed by atoms with E-state index >= 15 is 0 Å². The van der Waals surface area contributed by atoms with Crippen molar-refractivity contribution >= 4 is 17.9 Å². The van der Waals surface area contributed by atoms with Gasteiger partial charge in [0.1, 0.15) is 13.2 Å². The molecule has 0 aromatic carbocycles. The number of esters is 3. The highest BCUT2D eigenvalue weighted by Gasteiger charge is 2.19. The van der Waals surface area contributed by atoms with Gasteiger partial charge >= 0.3 is 17.9 Å². The first-order chi connectivity index (χ1) is 29.0. The lowest BCUT2D eigenvalue weighted by Crippen LogP contribution is -2.30. The zero-order valence-corrected chi connectivity index (χ0v) is 39.8. The standard InChI is InChI=1S/C53H100O6/c1-4-7-10-13-15-17-19-21-23-25-26-28-29-31-33-35-37-40-43-46-52(55)58-49-50(48-57-51(54)45-42-39-12-9-6-3)59-53(56)47-44-41-38-36-34-32-30-27-24-22-20-18-16-14-11-8-5-2/h21,23,50H,4-20,22,24-49H2,1-3H3/b23-21-. The third-order valence-electron chi connectivity index (χ3n) is 11.8. The summed E-state index contributed by atoms with van der Waals surface area (Å²) in [7, 11) is 0. The second-order valence-electron chi connectivity index (χ2n) is 17.8. The van der Waals surface area contributed by atoms with Gasteiger partial charge in [-0.25, -0.2) is 0 Å². The fraction of sp³-hybridized carbons (Fsp3) is 0.906. The molecular formula is C53H100O6. The van der Waals surface area contributed by atoms with E-state index in [2.05, 4.69) is 32.9 Å². The first kappa shape index (κ1) is 57.1. The number of ether oxygens (including phenoxy) is 3. The van der Waals surface area contributed by atoms with Gasteiger partial charge in [0.05, 0.1) is 0 Å². The Morgan fingerprint density at radius 1 is 0.322 bits per heavy atom. The smallest absolute Gasteiger partial charge is 0.306 e. The summed E-state index contributed by atoms with van der Waals surface area (Å²) in [6, 6.07) is 0. The van der Waals surface area contributed by atoms with Crippen molar-refractivity contribution in [2.24, 2.45) is 0 Å². The number of allylic oxidation sites excluding steroid dienone is 2. The lowest BCUT2D eigenvalue weighted by Gasteiger charge is -2.18. The van der Waals surface area contributed by atoms with Crippen LogP contribution in [0.1, 0.15) is 290 Å². The molecule has 0 aromatic heterocycles. The largest absolute Gasteiger partial charge is 0.462 e. The molecule has 0 fully saturated rings. The van der Waals surface area contributed by atoms with Crippen LogP contribution in [0.25, 0.3) is 0 Å². The van der Waals surface area contributed by atoms with Crippen molar-refractivity contribution < 1.29 is 28.6 Å². The predicted molar refractivity (Wildman–Crippen MR) is 252 cm³/mol. The molecule has 348 valence electrons. The van der Waals surface area contributed by atoms with Crippen LogP contribution in [0.4, 0.5) is 0 Å². The van der Waals surface area contributed by atoms with Crippen molar-refractivity contribution in [3.63, 3.8) is 0 Å². The molecule has 1 atom stereocenters. The van der Waals surface area contributed by atoms with Crippen LogP contribution in [0.5, 0.6) is 0 Å². The number of carbonyl (C=O) groups is 3. The van der Waals surface area contributed by atoms with Gasteiger partial charge in [-0.05, 0) is 44.9 Å². The van der Waals surface area contributed by atoms with Crippen LogP contribution >= 0.6 is 0 Å². The Hall–Kier alpha value is -1.85. The summed E-state index contributed by atoms with van der Waals surface area (Å²) < 4.78 is 16.7. The van der Waals surface area contributed by atoms with Crippen LogP contribution in [0, 0.1) is 0 Å². The molecule has 0 saturated carbocycles. The summed E-state index contributed by atoms with van der Waals surface area (Å²) >= 11 is 0. The first-order valence-electron chi connectivity index (χ1n) is 26.2. The second-order valence-corrected chi connectivity index (χ2v) is 17.8. The van der Waals surface area contributed by atoms with Gasteiger partial charge in [-0.1, -0.05) is 238 Å². The number of unbranched alkanes of at least 4 members (excludes halogenated alkanes) is 35. The van der Waals surface area contributed by atoms with Gasteiger partial charge in [-0.2, -0.15) is 0 Å². The molecule has 0 heterocycles. The van der Waals surface area contributed by atoms with Crippen LogP contribution in [-0.4, -0.2) is 37.2 Å². The van der Waals surface area contributed by atoms with E-state index < -0.39 is 6.10 Å². The molecule has 6 nitrogen and oxygen atoms in total. The summed E-state index contributed by atoms with van der Waals surface area (Å²) in [5.41, 5.74) is 0. The molecule has 0 radical (unpaired) electrons. The Kier molecular flexibility index (Phi) is 47.3. The zero-order chi connectivity index (χ0) is 43.0. The third kappa shape index (κ3) is 47.1. The normalized spacial score (nSPS) is 12.0. The molecule has 0 spiro atoms. The monoisotopic (exact) mass is 833 g/mol. The lowest BCUT2D eigenvalue weighted by molar-refractivity contribution is -0.167. The SMILES string of the molecule is CCCCCCCC/C=C\CCCCCCCCCCCC(=O)OCC(COC(=O)CCCCCCC)OC(=O)CCCCCCCCCCCCCCCCCCC. The van der Waals surface area contributed by atoms with E-state index in [-0.39, 0.29) is 31.1 Å². The van der Waals surface area contributed by atoms with Gasteiger partial charge in [0.15, 0.2) is 6.10 Å². The van der Waals surface area contributed by atoms with E-state index in [1.54, 1.807) is 0 Å². The van der Waals surface area contributed by atoms with Crippen LogP contribution in [0.15, 0.2) is 12.2 Å². The van der Waals surface area contributed by atoms with Crippen molar-refractivity contribution in [3.8, 4) is 0 Å². The van der Waals surface area contributed by atoms with E-state index in [1.165, 1.54) is 186 Å². The summed E-state index contributed by atoms with van der Waals surface area (Å²) in [5.74, 6) is -0.867. The lowest BCUT2D eigenvalue weighted by atomic mass is 10.0. The average Bonchev–Trinajstić information content (AvgIpc) is 3.23. The summed E-state index contributed by atoms with van der Waals surface area (Å²) in [6.45, 7) is 6.59. The van der Waals surface area contributed by atoms with Crippen molar-refractivity contribution in [2.45, 2.75) is 297 Å². The van der Waals surface area contributed by atoms with Crippen molar-refractivity contribution in [3.05, 3.63) is 12.2 Å². The molecule has 0 amide bonds. The maximum absolute atomic E-state index is 12.7. The Labute approximate surface area is 367 Å². The molecule has 1 unspecified atom stereocenters. The average molecular weight is 833 g/mol. The molecule has 0 saturated heterocycles. The van der Waals surface area contributed by atoms with Gasteiger partial charge in [-0.15, -0.1) is 0 Å². The summed E-state index contributed by atoms with van der Waals surface area (Å²) in [6.07, 6.45) is 53.8. The first-order valence-corrected chi connectivity index (χ1v) is 26.2. The highest BCUT2D eigenvalue weighted by Crippen LogP contribution is 2.16. The van der Waals surface area contributed by atoms with E-state index in [9.17, 15) is 14.4 Å². The molecule has 0 rings (SSSR count). The number of carbonyl (C=O) groups excluding carboxylic acids is 3. The van der Waals surface area contributed by atoms with E-state index in [0.717, 1.165) is 64.2 Å². The Bertz CT molecular complexity index is 916. The predicted octanol–water partition coefficient (Wildman–Crippen LogP) is 17.0. The van der Waals surface area contributed by atoms with E-state index in [0.29, 0.717) is 19.3 Å². The fourth-order valence-electron chi connectivity index (χ4n) is 7.79. The quantitative estimate of drug-likeness (QED) is 0.0263. The van der Waals surface area contributed by atoms with Crippen LogP contribution < -0.4 is 0 Å². The van der Waals surface area contributed by atoms with Gasteiger partial charge in [0, 0.05) is 19.3 Å². The maximum Gasteiger partial charge on any atom is 0.306 e. The van der Waals surface area contributed by atoms with Crippen molar-refractivity contribution in [1.82, 2.24) is 0 Å². The Balaban J connectivity index is 4.10. The molecule has 0 aliphatic heterocycles. The van der Waals surface area contributed by atoms with Crippen LogP contribution in [0.2, 0.25) is 0 Å². The molecule has 0 N–H and O–H groups in total. The Morgan fingerprint density at radius 2 is 0.559 bits per heavy atom. The van der Waals surface area contributed by atoms with Gasteiger partial charge in [-0.3, -0.25) is 14.4 Å². The topological polar surface area (TPSA) is 78.9 Å². The molecule has 0 aromatic rings. The van der Waals surface area contributed by atoms with Crippen LogP contribution in [-0.2, 0) is 28.6 Å². The molecule has 0 aliphatic carbocycles. The summed E-state index contributed by atoms with van der Waals surface area (Å²) in [5, 5.41) is 0. The van der Waals surface area contributed by atoms with Crippen molar-refractivity contribution in [2.75, 3.05) is 13.2 Å². The minimum absolute atomic E-state index is 0.0671. The maximum atomic E-state index is 12.7. The minimum atomic E-state index is -0.762. The van der Waals surface area contributed by atoms with Gasteiger partial charge < -0.3 is 14.2 Å². The number of hydrogen-bond acceptors (Lipinski definition) is 6. The minimum Gasteiger partial charge on any atom is -0.462 e. The highest BCUT2D eigenvalue weighted by molar-refractivity contribution is 5.71. The molecule has 59 heavy (non-hydrogen) atoms. The van der Waals surface area contributed by atoms with E-state index in [4.69, 9.17) is 14.2 Å². The fourth-order valence-corrected chi connectivity index (χ4v) is 7.79. The number of rotatable bonds is 48. The highest BCUT2D eigenvalue weighted by atomic mass is 16.6. The third-order valence-corrected chi connectivity index (χ3v) is 11.8.